The molecule has 1 aliphatic rings. The summed E-state index contributed by atoms with van der Waals surface area (Å²) in [6.45, 7) is 1.24. The van der Waals surface area contributed by atoms with Crippen molar-refractivity contribution in [2.75, 3.05) is 13.7 Å². The second kappa shape index (κ2) is 4.95. The normalized spacial score (nSPS) is 25.9. The fourth-order valence-corrected chi connectivity index (χ4v) is 2.77. The van der Waals surface area contributed by atoms with Crippen LogP contribution in [0.1, 0.15) is 11.3 Å². The van der Waals surface area contributed by atoms with E-state index in [-0.39, 0.29) is 12.0 Å². The first kappa shape index (κ1) is 11.6. The molecule has 2 heterocycles. The Morgan fingerprint density at radius 1 is 1.75 bits per heavy atom. The van der Waals surface area contributed by atoms with Crippen molar-refractivity contribution < 1.29 is 14.6 Å². The number of hydrogen-bond acceptors (Lipinski definition) is 5. The Morgan fingerprint density at radius 3 is 3.19 bits per heavy atom. The average Bonchev–Trinajstić information content (AvgIpc) is 2.88. The molecule has 2 unspecified atom stereocenters. The number of thiophene rings is 1. The first-order chi connectivity index (χ1) is 7.70. The van der Waals surface area contributed by atoms with Crippen LogP contribution in [0.5, 0.6) is 0 Å². The smallest absolute Gasteiger partial charge is 0.323 e. The average molecular weight is 241 g/mol. The summed E-state index contributed by atoms with van der Waals surface area (Å²) in [4.78, 5) is 14.7. The predicted octanol–water partition coefficient (Wildman–Crippen LogP) is 0.856. The molecular weight excluding hydrogens is 226 g/mol. The molecule has 5 heteroatoms. The Hall–Kier alpha value is -0.910. The van der Waals surface area contributed by atoms with E-state index < -0.39 is 6.10 Å². The zero-order chi connectivity index (χ0) is 11.5. The standard InChI is InChI=1S/C11H15NO3S/c1-15-11(14)10-5-8(13)6-12(10)7-9-3-2-4-16-9/h2-4,8,10,13H,5-7H2,1H3. The van der Waals surface area contributed by atoms with Crippen LogP contribution in [-0.2, 0) is 16.1 Å². The summed E-state index contributed by atoms with van der Waals surface area (Å²) >= 11 is 1.66. The number of carbonyl (C=O) groups is 1. The monoisotopic (exact) mass is 241 g/mol. The summed E-state index contributed by atoms with van der Waals surface area (Å²) in [6, 6.07) is 3.71. The van der Waals surface area contributed by atoms with E-state index in [2.05, 4.69) is 0 Å². The zero-order valence-corrected chi connectivity index (χ0v) is 9.94. The summed E-state index contributed by atoms with van der Waals surface area (Å²) in [5.74, 6) is -0.256. The number of hydrogen-bond donors (Lipinski definition) is 1. The third kappa shape index (κ3) is 2.42. The van der Waals surface area contributed by atoms with E-state index in [0.717, 1.165) is 0 Å². The highest BCUT2D eigenvalue weighted by Crippen LogP contribution is 2.23. The number of β-amino-alcohol motifs (C(OH)–C–C–N with tert-alkyl or cyclic N) is 1. The Morgan fingerprint density at radius 2 is 2.56 bits per heavy atom. The fourth-order valence-electron chi connectivity index (χ4n) is 2.04. The molecule has 0 aromatic carbocycles. The molecule has 1 aliphatic heterocycles. The van der Waals surface area contributed by atoms with E-state index in [1.165, 1.54) is 12.0 Å². The van der Waals surface area contributed by atoms with Crippen LogP contribution in [0.3, 0.4) is 0 Å². The van der Waals surface area contributed by atoms with Gasteiger partial charge in [0.2, 0.25) is 0 Å². The maximum atomic E-state index is 11.5. The van der Waals surface area contributed by atoms with Crippen LogP contribution in [0.15, 0.2) is 17.5 Å². The van der Waals surface area contributed by atoms with Crippen LogP contribution in [0.2, 0.25) is 0 Å². The molecule has 0 bridgehead atoms. The van der Waals surface area contributed by atoms with E-state index in [1.54, 1.807) is 11.3 Å². The maximum Gasteiger partial charge on any atom is 0.323 e. The topological polar surface area (TPSA) is 49.8 Å². The van der Waals surface area contributed by atoms with Gasteiger partial charge in [-0.25, -0.2) is 0 Å². The van der Waals surface area contributed by atoms with Crippen LogP contribution in [0.4, 0.5) is 0 Å². The molecule has 1 N–H and O–H groups in total. The molecular formula is C11H15NO3S. The second-order valence-corrected chi connectivity index (χ2v) is 4.97. The summed E-state index contributed by atoms with van der Waals surface area (Å²) in [6.07, 6.45) is 0.0435. The number of rotatable bonds is 3. The van der Waals surface area contributed by atoms with Crippen molar-refractivity contribution in [2.45, 2.75) is 25.1 Å². The van der Waals surface area contributed by atoms with Crippen LogP contribution >= 0.6 is 11.3 Å². The van der Waals surface area contributed by atoms with Crippen LogP contribution < -0.4 is 0 Å². The van der Waals surface area contributed by atoms with Crippen LogP contribution in [0.25, 0.3) is 0 Å². The molecule has 1 aromatic rings. The Kier molecular flexibility index (Phi) is 3.58. The van der Waals surface area contributed by atoms with Gasteiger partial charge >= 0.3 is 5.97 Å². The molecule has 1 saturated heterocycles. The van der Waals surface area contributed by atoms with Gasteiger partial charge in [0.1, 0.15) is 6.04 Å². The third-order valence-electron chi connectivity index (χ3n) is 2.79. The van der Waals surface area contributed by atoms with E-state index in [4.69, 9.17) is 4.74 Å². The van der Waals surface area contributed by atoms with E-state index in [0.29, 0.717) is 19.5 Å². The summed E-state index contributed by atoms with van der Waals surface area (Å²) in [7, 11) is 1.39. The Balaban J connectivity index is 2.04. The zero-order valence-electron chi connectivity index (χ0n) is 9.13. The molecule has 2 atom stereocenters. The van der Waals surface area contributed by atoms with Gasteiger partial charge in [-0.15, -0.1) is 11.3 Å². The second-order valence-electron chi connectivity index (χ2n) is 3.94. The highest BCUT2D eigenvalue weighted by atomic mass is 32.1. The van der Waals surface area contributed by atoms with Gasteiger partial charge in [-0.3, -0.25) is 9.69 Å². The van der Waals surface area contributed by atoms with Crippen LogP contribution in [-0.4, -0.2) is 41.8 Å². The highest BCUT2D eigenvalue weighted by Gasteiger charge is 2.36. The number of carbonyl (C=O) groups excluding carboxylic acids is 1. The third-order valence-corrected chi connectivity index (χ3v) is 3.65. The van der Waals surface area contributed by atoms with Gasteiger partial charge in [-0.2, -0.15) is 0 Å². The van der Waals surface area contributed by atoms with Gasteiger partial charge in [0, 0.05) is 24.4 Å². The molecule has 16 heavy (non-hydrogen) atoms. The van der Waals surface area contributed by atoms with Crippen molar-refractivity contribution in [1.82, 2.24) is 4.90 Å². The SMILES string of the molecule is COC(=O)C1CC(O)CN1Cc1cccs1. The van der Waals surface area contributed by atoms with Gasteiger partial charge in [0.25, 0.3) is 0 Å². The summed E-state index contributed by atoms with van der Waals surface area (Å²) in [5.41, 5.74) is 0. The predicted molar refractivity (Wildman–Crippen MR) is 61.2 cm³/mol. The van der Waals surface area contributed by atoms with Gasteiger partial charge in [-0.1, -0.05) is 6.07 Å². The molecule has 1 fully saturated rings. The minimum Gasteiger partial charge on any atom is -0.468 e. The van der Waals surface area contributed by atoms with Crippen molar-refractivity contribution >= 4 is 17.3 Å². The van der Waals surface area contributed by atoms with E-state index >= 15 is 0 Å². The Labute approximate surface area is 98.4 Å². The van der Waals surface area contributed by atoms with Gasteiger partial charge in [0.05, 0.1) is 13.2 Å². The molecule has 0 aliphatic carbocycles. The number of methoxy groups -OCH3 is 1. The van der Waals surface area contributed by atoms with Crippen molar-refractivity contribution in [3.05, 3.63) is 22.4 Å². The first-order valence-corrected chi connectivity index (χ1v) is 6.11. The molecule has 0 radical (unpaired) electrons. The Bertz CT molecular complexity index is 352. The number of aliphatic hydroxyl groups excluding tert-OH is 1. The molecule has 88 valence electrons. The quantitative estimate of drug-likeness (QED) is 0.797. The molecule has 0 saturated carbocycles. The van der Waals surface area contributed by atoms with Gasteiger partial charge in [0.15, 0.2) is 0 Å². The number of esters is 1. The lowest BCUT2D eigenvalue weighted by Crippen LogP contribution is -2.36. The summed E-state index contributed by atoms with van der Waals surface area (Å²) < 4.78 is 4.74. The van der Waals surface area contributed by atoms with E-state index in [1.807, 2.05) is 22.4 Å². The summed E-state index contributed by atoms with van der Waals surface area (Å²) in [5, 5.41) is 11.6. The molecule has 0 spiro atoms. The van der Waals surface area contributed by atoms with Crippen molar-refractivity contribution in [3.63, 3.8) is 0 Å². The van der Waals surface area contributed by atoms with Gasteiger partial charge < -0.3 is 9.84 Å². The number of aliphatic hydroxyl groups is 1. The number of likely N-dealkylation sites (tertiary alicyclic amines) is 1. The fraction of sp³-hybridized carbons (Fsp3) is 0.545. The highest BCUT2D eigenvalue weighted by molar-refractivity contribution is 7.09. The van der Waals surface area contributed by atoms with Crippen molar-refractivity contribution in [1.29, 1.82) is 0 Å². The number of nitrogens with zero attached hydrogens (tertiary/aromatic N) is 1. The lowest BCUT2D eigenvalue weighted by molar-refractivity contribution is -0.146. The lowest BCUT2D eigenvalue weighted by atomic mass is 10.2. The lowest BCUT2D eigenvalue weighted by Gasteiger charge is -2.20. The number of ether oxygens (including phenoxy) is 1. The van der Waals surface area contributed by atoms with Crippen LogP contribution in [0, 0.1) is 0 Å². The maximum absolute atomic E-state index is 11.5. The minimum absolute atomic E-state index is 0.256. The van der Waals surface area contributed by atoms with E-state index in [9.17, 15) is 9.90 Å². The molecule has 0 amide bonds. The first-order valence-electron chi connectivity index (χ1n) is 5.23. The van der Waals surface area contributed by atoms with Crippen molar-refractivity contribution in [3.8, 4) is 0 Å². The minimum atomic E-state index is -0.427. The van der Waals surface area contributed by atoms with Gasteiger partial charge in [-0.05, 0) is 11.4 Å². The van der Waals surface area contributed by atoms with Crippen molar-refractivity contribution in [2.24, 2.45) is 0 Å². The molecule has 1 aromatic heterocycles. The largest absolute Gasteiger partial charge is 0.468 e. The molecule has 4 nitrogen and oxygen atoms in total. The molecule has 2 rings (SSSR count).